The number of fused-ring (bicyclic) bond motifs is 1. The Balaban J connectivity index is 1.67. The van der Waals surface area contributed by atoms with E-state index in [9.17, 15) is 14.9 Å². The Morgan fingerprint density at radius 1 is 1.16 bits per heavy atom. The summed E-state index contributed by atoms with van der Waals surface area (Å²) in [6.07, 6.45) is 3.31. The van der Waals surface area contributed by atoms with Crippen molar-refractivity contribution in [3.63, 3.8) is 0 Å². The van der Waals surface area contributed by atoms with Gasteiger partial charge in [0.25, 0.3) is 5.91 Å². The maximum atomic E-state index is 12.6. The van der Waals surface area contributed by atoms with Gasteiger partial charge in [0.05, 0.1) is 6.54 Å². The van der Waals surface area contributed by atoms with Crippen molar-refractivity contribution in [2.75, 3.05) is 5.32 Å². The number of nitrogens with one attached hydrogen (secondary N) is 1. The third-order valence-electron chi connectivity index (χ3n) is 4.77. The molecule has 2 N–H and O–H groups in total. The van der Waals surface area contributed by atoms with Crippen LogP contribution in [0.15, 0.2) is 76.9 Å². The zero-order valence-electron chi connectivity index (χ0n) is 16.6. The van der Waals surface area contributed by atoms with Crippen LogP contribution in [0.2, 0.25) is 5.02 Å². The van der Waals surface area contributed by atoms with Gasteiger partial charge in [0, 0.05) is 33.4 Å². The summed E-state index contributed by atoms with van der Waals surface area (Å²) in [5.41, 5.74) is 1.93. The second kappa shape index (κ2) is 8.84. The van der Waals surface area contributed by atoms with Crippen molar-refractivity contribution >= 4 is 46.1 Å². The number of nitrogens with zero attached hydrogens (tertiary/aromatic N) is 2. The highest BCUT2D eigenvalue weighted by molar-refractivity contribution is 6.31. The first-order valence-electron chi connectivity index (χ1n) is 9.53. The number of hydrogen-bond acceptors (Lipinski definition) is 4. The quantitative estimate of drug-likeness (QED) is 0.314. The summed E-state index contributed by atoms with van der Waals surface area (Å²) < 4.78 is 7.23. The molecule has 2 heterocycles. The van der Waals surface area contributed by atoms with Crippen LogP contribution in [-0.2, 0) is 11.3 Å². The van der Waals surface area contributed by atoms with Gasteiger partial charge in [0.1, 0.15) is 17.4 Å². The molecule has 2 aromatic carbocycles. The van der Waals surface area contributed by atoms with E-state index in [1.165, 1.54) is 12.1 Å². The van der Waals surface area contributed by atoms with Gasteiger partial charge in [-0.05, 0) is 42.5 Å². The second-order valence-electron chi connectivity index (χ2n) is 6.93. The molecule has 0 aliphatic heterocycles. The normalized spacial score (nSPS) is 11.3. The average Bonchev–Trinajstić information content (AvgIpc) is 3.38. The van der Waals surface area contributed by atoms with Crippen molar-refractivity contribution in [1.29, 1.82) is 5.26 Å². The van der Waals surface area contributed by atoms with Crippen LogP contribution in [0, 0.1) is 11.3 Å². The number of carboxylic acids is 1. The molecule has 4 rings (SSSR count). The van der Waals surface area contributed by atoms with Gasteiger partial charge in [-0.3, -0.25) is 4.79 Å². The number of carboxylic acid groups (broad SMARTS) is 1. The molecule has 32 heavy (non-hydrogen) atoms. The fourth-order valence-electron chi connectivity index (χ4n) is 3.34. The van der Waals surface area contributed by atoms with Crippen LogP contribution in [-0.4, -0.2) is 21.6 Å². The summed E-state index contributed by atoms with van der Waals surface area (Å²) in [7, 11) is 0. The third-order valence-corrected chi connectivity index (χ3v) is 5.00. The van der Waals surface area contributed by atoms with Gasteiger partial charge >= 0.3 is 5.97 Å². The number of para-hydroxylation sites is 1. The number of aromatic carboxylic acids is 1. The van der Waals surface area contributed by atoms with Crippen molar-refractivity contribution in [3.05, 3.63) is 94.5 Å². The van der Waals surface area contributed by atoms with Gasteiger partial charge in [0.2, 0.25) is 5.76 Å². The maximum absolute atomic E-state index is 12.6. The Morgan fingerprint density at radius 3 is 2.69 bits per heavy atom. The molecule has 1 amide bonds. The van der Waals surface area contributed by atoms with Crippen LogP contribution in [0.1, 0.15) is 21.9 Å². The summed E-state index contributed by atoms with van der Waals surface area (Å²) in [6, 6.07) is 19.1. The van der Waals surface area contributed by atoms with Crippen LogP contribution in [0.3, 0.4) is 0 Å². The van der Waals surface area contributed by atoms with Gasteiger partial charge in [-0.25, -0.2) is 4.79 Å². The lowest BCUT2D eigenvalue weighted by molar-refractivity contribution is -0.112. The van der Waals surface area contributed by atoms with Crippen molar-refractivity contribution < 1.29 is 19.1 Å². The van der Waals surface area contributed by atoms with E-state index in [4.69, 9.17) is 21.1 Å². The van der Waals surface area contributed by atoms with Crippen molar-refractivity contribution in [3.8, 4) is 6.07 Å². The molecule has 158 valence electrons. The molecular formula is C24H16ClN3O4. The first kappa shape index (κ1) is 21.0. The van der Waals surface area contributed by atoms with Crippen molar-refractivity contribution in [2.45, 2.75) is 6.54 Å². The minimum absolute atomic E-state index is 0.0703. The molecule has 0 aliphatic carbocycles. The number of aromatic nitrogens is 1. The van der Waals surface area contributed by atoms with Crippen LogP contribution in [0.5, 0.6) is 0 Å². The van der Waals surface area contributed by atoms with Crippen molar-refractivity contribution in [1.82, 2.24) is 4.57 Å². The number of nitriles is 1. The predicted octanol–water partition coefficient (Wildman–Crippen LogP) is 5.18. The van der Waals surface area contributed by atoms with E-state index in [0.717, 1.165) is 10.9 Å². The monoisotopic (exact) mass is 445 g/mol. The highest BCUT2D eigenvalue weighted by Crippen LogP contribution is 2.25. The van der Waals surface area contributed by atoms with Crippen LogP contribution >= 0.6 is 11.6 Å². The molecule has 0 saturated carbocycles. The number of carbonyl (C=O) groups is 2. The summed E-state index contributed by atoms with van der Waals surface area (Å²) in [5.74, 6) is -1.36. The van der Waals surface area contributed by atoms with E-state index in [1.807, 2.05) is 34.9 Å². The average molecular weight is 446 g/mol. The number of carbonyl (C=O) groups excluding carboxylic acids is 1. The highest BCUT2D eigenvalue weighted by atomic mass is 35.5. The zero-order chi connectivity index (χ0) is 22.7. The van der Waals surface area contributed by atoms with E-state index < -0.39 is 11.9 Å². The largest absolute Gasteiger partial charge is 0.475 e. The first-order valence-corrected chi connectivity index (χ1v) is 9.91. The summed E-state index contributed by atoms with van der Waals surface area (Å²) >= 11 is 5.95. The van der Waals surface area contributed by atoms with E-state index >= 15 is 0 Å². The van der Waals surface area contributed by atoms with Crippen LogP contribution < -0.4 is 5.32 Å². The number of amides is 1. The lowest BCUT2D eigenvalue weighted by Gasteiger charge is -2.04. The lowest BCUT2D eigenvalue weighted by Crippen LogP contribution is -2.13. The van der Waals surface area contributed by atoms with Gasteiger partial charge in [-0.1, -0.05) is 35.9 Å². The fraction of sp³-hybridized carbons (Fsp3) is 0.0417. The van der Waals surface area contributed by atoms with Gasteiger partial charge < -0.3 is 19.4 Å². The Morgan fingerprint density at radius 2 is 1.97 bits per heavy atom. The summed E-state index contributed by atoms with van der Waals surface area (Å²) in [6.45, 7) is 0.290. The maximum Gasteiger partial charge on any atom is 0.371 e. The molecule has 0 atom stereocenters. The van der Waals surface area contributed by atoms with Crippen LogP contribution in [0.25, 0.3) is 17.0 Å². The molecule has 7 nitrogen and oxygen atoms in total. The smallest absolute Gasteiger partial charge is 0.371 e. The topological polar surface area (TPSA) is 108 Å². The molecule has 0 aliphatic rings. The predicted molar refractivity (Wildman–Crippen MR) is 120 cm³/mol. The van der Waals surface area contributed by atoms with Gasteiger partial charge in [-0.15, -0.1) is 0 Å². The second-order valence-corrected chi connectivity index (χ2v) is 7.37. The number of anilines is 1. The zero-order valence-corrected chi connectivity index (χ0v) is 17.3. The number of rotatable bonds is 6. The molecule has 2 aromatic heterocycles. The standard InChI is InChI=1S/C24H16ClN3O4/c25-17-4-3-5-18(11-17)27-23(29)15(12-26)10-16-13-28(21-7-2-1-6-20(16)21)14-19-8-9-22(32-19)24(30)31/h1-11,13H,14H2,(H,27,29)(H,30,31)/b15-10-. The minimum Gasteiger partial charge on any atom is -0.475 e. The van der Waals surface area contributed by atoms with Crippen LogP contribution in [0.4, 0.5) is 5.69 Å². The Hall–Kier alpha value is -4.28. The molecular weight excluding hydrogens is 430 g/mol. The van der Waals surface area contributed by atoms with Gasteiger partial charge in [-0.2, -0.15) is 5.26 Å². The molecule has 0 saturated heterocycles. The summed E-state index contributed by atoms with van der Waals surface area (Å²) in [4.78, 5) is 23.7. The molecule has 0 fully saturated rings. The van der Waals surface area contributed by atoms with Crippen molar-refractivity contribution in [2.24, 2.45) is 0 Å². The summed E-state index contributed by atoms with van der Waals surface area (Å²) in [5, 5.41) is 22.6. The number of hydrogen-bond donors (Lipinski definition) is 2. The van der Waals surface area contributed by atoms with E-state index in [1.54, 1.807) is 36.5 Å². The molecule has 8 heteroatoms. The Labute approximate surface area is 187 Å². The SMILES string of the molecule is N#C/C(=C/c1cn(Cc2ccc(C(=O)O)o2)c2ccccc12)C(=O)Nc1cccc(Cl)c1. The first-order chi connectivity index (χ1) is 15.4. The number of benzene rings is 2. The fourth-order valence-corrected chi connectivity index (χ4v) is 3.53. The van der Waals surface area contributed by atoms with E-state index in [0.29, 0.717) is 22.0 Å². The molecule has 0 unspecified atom stereocenters. The van der Waals surface area contributed by atoms with E-state index in [-0.39, 0.29) is 17.9 Å². The molecule has 0 bridgehead atoms. The van der Waals surface area contributed by atoms with Gasteiger partial charge in [0.15, 0.2) is 0 Å². The van der Waals surface area contributed by atoms with E-state index in [2.05, 4.69) is 5.32 Å². The highest BCUT2D eigenvalue weighted by Gasteiger charge is 2.15. The molecule has 0 radical (unpaired) electrons. The minimum atomic E-state index is -1.14. The lowest BCUT2D eigenvalue weighted by atomic mass is 10.1. The Kier molecular flexibility index (Phi) is 5.79. The Bertz CT molecular complexity index is 1410. The number of furan rings is 1. The molecule has 4 aromatic rings. The molecule has 0 spiro atoms. The third kappa shape index (κ3) is 4.41. The number of halogens is 1.